The van der Waals surface area contributed by atoms with E-state index in [1.807, 2.05) is 13.0 Å². The van der Waals surface area contributed by atoms with E-state index in [4.69, 9.17) is 10.5 Å². The molecule has 0 spiro atoms. The number of amides is 2. The Morgan fingerprint density at radius 2 is 2.12 bits per heavy atom. The van der Waals surface area contributed by atoms with Crippen molar-refractivity contribution < 1.29 is 14.3 Å². The summed E-state index contributed by atoms with van der Waals surface area (Å²) in [6.07, 6.45) is 1.92. The molecule has 0 unspecified atom stereocenters. The van der Waals surface area contributed by atoms with E-state index >= 15 is 0 Å². The van der Waals surface area contributed by atoms with Crippen LogP contribution in [0.2, 0.25) is 0 Å². The molecule has 1 atom stereocenters. The predicted molar refractivity (Wildman–Crippen MR) is 95.6 cm³/mol. The fraction of sp³-hybridized carbons (Fsp3) is 0.529. The van der Waals surface area contributed by atoms with Crippen molar-refractivity contribution in [1.29, 1.82) is 0 Å². The molecule has 6 nitrogen and oxygen atoms in total. The van der Waals surface area contributed by atoms with Gasteiger partial charge < -0.3 is 20.7 Å². The van der Waals surface area contributed by atoms with Crippen LogP contribution >= 0.6 is 12.4 Å². The van der Waals surface area contributed by atoms with Crippen LogP contribution in [0.5, 0.6) is 5.75 Å². The molecule has 1 aliphatic heterocycles. The van der Waals surface area contributed by atoms with Crippen molar-refractivity contribution in [3.8, 4) is 5.75 Å². The monoisotopic (exact) mass is 355 g/mol. The van der Waals surface area contributed by atoms with E-state index < -0.39 is 0 Å². The van der Waals surface area contributed by atoms with E-state index in [2.05, 4.69) is 5.32 Å². The van der Waals surface area contributed by atoms with Gasteiger partial charge in [-0.1, -0.05) is 12.1 Å². The fourth-order valence-corrected chi connectivity index (χ4v) is 2.64. The van der Waals surface area contributed by atoms with Gasteiger partial charge >= 0.3 is 0 Å². The van der Waals surface area contributed by atoms with Crippen molar-refractivity contribution in [2.75, 3.05) is 26.2 Å². The Balaban J connectivity index is 0.00000288. The average Bonchev–Trinajstić information content (AvgIpc) is 2.98. The minimum absolute atomic E-state index is 0. The maximum absolute atomic E-state index is 12.2. The molecule has 1 heterocycles. The van der Waals surface area contributed by atoms with Gasteiger partial charge in [0.05, 0.1) is 12.2 Å². The zero-order valence-electron chi connectivity index (χ0n) is 14.0. The maximum Gasteiger partial charge on any atom is 0.255 e. The topological polar surface area (TPSA) is 84.7 Å². The van der Waals surface area contributed by atoms with Gasteiger partial charge in [0.2, 0.25) is 5.91 Å². The van der Waals surface area contributed by atoms with Crippen LogP contribution in [0.3, 0.4) is 0 Å². The first-order chi connectivity index (χ1) is 11.1. The summed E-state index contributed by atoms with van der Waals surface area (Å²) in [5.74, 6) is 0.515. The Hall–Kier alpha value is -1.79. The molecule has 1 aromatic rings. The number of likely N-dealkylation sites (tertiary alicyclic amines) is 1. The van der Waals surface area contributed by atoms with Gasteiger partial charge in [-0.25, -0.2) is 0 Å². The highest BCUT2D eigenvalue weighted by Crippen LogP contribution is 2.17. The molecule has 0 aromatic heterocycles. The number of ether oxygens (including phenoxy) is 1. The molecule has 7 heteroatoms. The van der Waals surface area contributed by atoms with Crippen molar-refractivity contribution >= 4 is 24.2 Å². The Morgan fingerprint density at radius 3 is 2.79 bits per heavy atom. The van der Waals surface area contributed by atoms with Crippen LogP contribution in [-0.2, 0) is 4.79 Å². The van der Waals surface area contributed by atoms with E-state index in [1.165, 1.54) is 0 Å². The minimum atomic E-state index is -0.176. The zero-order valence-corrected chi connectivity index (χ0v) is 14.8. The van der Waals surface area contributed by atoms with Gasteiger partial charge in [-0.15, -0.1) is 12.4 Å². The highest BCUT2D eigenvalue weighted by Gasteiger charge is 2.22. The molecule has 0 saturated carbocycles. The molecule has 24 heavy (non-hydrogen) atoms. The Bertz CT molecular complexity index is 554. The number of para-hydroxylation sites is 1. The van der Waals surface area contributed by atoms with Crippen LogP contribution in [0, 0.1) is 0 Å². The molecule has 134 valence electrons. The molecular formula is C17H26ClN3O3. The highest BCUT2D eigenvalue weighted by molar-refractivity contribution is 5.96. The van der Waals surface area contributed by atoms with Gasteiger partial charge in [0, 0.05) is 32.1 Å². The number of halogens is 1. The summed E-state index contributed by atoms with van der Waals surface area (Å²) in [5, 5.41) is 2.84. The SMILES string of the molecule is CCOc1ccccc1C(=O)NCCCC(=O)N1CC[C@@H](N)C1.Cl. The summed E-state index contributed by atoms with van der Waals surface area (Å²) in [6, 6.07) is 7.25. The molecule has 0 bridgehead atoms. The first-order valence-electron chi connectivity index (χ1n) is 8.15. The smallest absolute Gasteiger partial charge is 0.255 e. The Kier molecular flexibility index (Phi) is 8.57. The molecule has 1 saturated heterocycles. The first kappa shape index (κ1) is 20.3. The number of carbonyl (C=O) groups excluding carboxylic acids is 2. The summed E-state index contributed by atoms with van der Waals surface area (Å²) in [7, 11) is 0. The number of rotatable bonds is 7. The van der Waals surface area contributed by atoms with Crippen LogP contribution in [0.15, 0.2) is 24.3 Å². The van der Waals surface area contributed by atoms with Crippen LogP contribution in [0.25, 0.3) is 0 Å². The molecule has 3 N–H and O–H groups in total. The van der Waals surface area contributed by atoms with E-state index in [9.17, 15) is 9.59 Å². The first-order valence-corrected chi connectivity index (χ1v) is 8.15. The Labute approximate surface area is 149 Å². The standard InChI is InChI=1S/C17H25N3O3.ClH/c1-2-23-15-7-4-3-6-14(15)17(22)19-10-5-8-16(21)20-11-9-13(18)12-20;/h3-4,6-7,13H,2,5,8-12,18H2,1H3,(H,19,22);1H/t13-;/m1./s1. The minimum Gasteiger partial charge on any atom is -0.493 e. The number of benzene rings is 1. The molecule has 1 aliphatic rings. The van der Waals surface area contributed by atoms with E-state index in [-0.39, 0.29) is 30.3 Å². The van der Waals surface area contributed by atoms with Crippen molar-refractivity contribution in [2.45, 2.75) is 32.2 Å². The number of nitrogens with one attached hydrogen (secondary N) is 1. The lowest BCUT2D eigenvalue weighted by atomic mass is 10.2. The number of carbonyl (C=O) groups is 2. The van der Waals surface area contributed by atoms with Crippen LogP contribution in [0.1, 0.15) is 36.5 Å². The van der Waals surface area contributed by atoms with E-state index in [0.29, 0.717) is 43.9 Å². The van der Waals surface area contributed by atoms with Crippen molar-refractivity contribution in [3.63, 3.8) is 0 Å². The van der Waals surface area contributed by atoms with Crippen molar-refractivity contribution in [1.82, 2.24) is 10.2 Å². The zero-order chi connectivity index (χ0) is 16.7. The van der Waals surface area contributed by atoms with E-state index in [0.717, 1.165) is 13.0 Å². The molecule has 0 aliphatic carbocycles. The molecule has 2 amide bonds. The van der Waals surface area contributed by atoms with Crippen LogP contribution in [0.4, 0.5) is 0 Å². The molecule has 2 rings (SSSR count). The quantitative estimate of drug-likeness (QED) is 0.727. The van der Waals surface area contributed by atoms with Crippen LogP contribution in [-0.4, -0.2) is 49.0 Å². The second-order valence-electron chi connectivity index (χ2n) is 5.68. The summed E-state index contributed by atoms with van der Waals surface area (Å²) >= 11 is 0. The third kappa shape index (κ3) is 5.69. The second kappa shape index (κ2) is 10.2. The predicted octanol–water partition coefficient (Wildman–Crippen LogP) is 1.58. The summed E-state index contributed by atoms with van der Waals surface area (Å²) in [4.78, 5) is 26.0. The maximum atomic E-state index is 12.2. The largest absolute Gasteiger partial charge is 0.493 e. The van der Waals surface area contributed by atoms with E-state index in [1.54, 1.807) is 23.1 Å². The van der Waals surface area contributed by atoms with Gasteiger partial charge in [0.25, 0.3) is 5.91 Å². The van der Waals surface area contributed by atoms with Gasteiger partial charge in [-0.05, 0) is 31.9 Å². The number of hydrogen-bond donors (Lipinski definition) is 2. The number of nitrogens with zero attached hydrogens (tertiary/aromatic N) is 1. The summed E-state index contributed by atoms with van der Waals surface area (Å²) in [5.41, 5.74) is 6.32. The highest BCUT2D eigenvalue weighted by atomic mass is 35.5. The van der Waals surface area contributed by atoms with Gasteiger partial charge in [0.1, 0.15) is 5.75 Å². The third-order valence-electron chi connectivity index (χ3n) is 3.86. The normalized spacial score (nSPS) is 16.4. The number of hydrogen-bond acceptors (Lipinski definition) is 4. The second-order valence-corrected chi connectivity index (χ2v) is 5.68. The number of nitrogens with two attached hydrogens (primary N) is 1. The van der Waals surface area contributed by atoms with Crippen LogP contribution < -0.4 is 15.8 Å². The lowest BCUT2D eigenvalue weighted by Crippen LogP contribution is -2.32. The summed E-state index contributed by atoms with van der Waals surface area (Å²) in [6.45, 7) is 4.24. The molecular weight excluding hydrogens is 330 g/mol. The molecule has 1 aromatic carbocycles. The van der Waals surface area contributed by atoms with Gasteiger partial charge in [-0.3, -0.25) is 9.59 Å². The third-order valence-corrected chi connectivity index (χ3v) is 3.86. The fourth-order valence-electron chi connectivity index (χ4n) is 2.64. The lowest BCUT2D eigenvalue weighted by Gasteiger charge is -2.15. The molecule has 1 fully saturated rings. The van der Waals surface area contributed by atoms with Gasteiger partial charge in [0.15, 0.2) is 0 Å². The lowest BCUT2D eigenvalue weighted by molar-refractivity contribution is -0.130. The Morgan fingerprint density at radius 1 is 1.38 bits per heavy atom. The molecule has 0 radical (unpaired) electrons. The van der Waals surface area contributed by atoms with Gasteiger partial charge in [-0.2, -0.15) is 0 Å². The summed E-state index contributed by atoms with van der Waals surface area (Å²) < 4.78 is 5.45. The van der Waals surface area contributed by atoms with Crippen molar-refractivity contribution in [2.24, 2.45) is 5.73 Å². The van der Waals surface area contributed by atoms with Crippen molar-refractivity contribution in [3.05, 3.63) is 29.8 Å². The average molecular weight is 356 g/mol.